The van der Waals surface area contributed by atoms with Crippen molar-refractivity contribution in [1.29, 1.82) is 0 Å². The molecule has 0 aliphatic carbocycles. The van der Waals surface area contributed by atoms with E-state index in [-0.39, 0.29) is 5.91 Å². The van der Waals surface area contributed by atoms with Crippen LogP contribution in [0, 0.1) is 13.8 Å². The van der Waals surface area contributed by atoms with E-state index >= 15 is 0 Å². The topological polar surface area (TPSA) is 52.2 Å². The minimum atomic E-state index is -0.279. The molecule has 0 radical (unpaired) electrons. The molecule has 0 aliphatic rings. The molecule has 0 unspecified atom stereocenters. The first-order valence-electron chi connectivity index (χ1n) is 7.30. The number of amides is 1. The molecule has 2 aromatic heterocycles. The van der Waals surface area contributed by atoms with Crippen molar-refractivity contribution in [1.82, 2.24) is 14.3 Å². The first kappa shape index (κ1) is 16.0. The molecular weight excluding hydrogens is 332 g/mol. The predicted molar refractivity (Wildman–Crippen MR) is 93.1 cm³/mol. The molecule has 3 rings (SSSR count). The van der Waals surface area contributed by atoms with E-state index in [1.54, 1.807) is 10.7 Å². The lowest BCUT2D eigenvalue weighted by Gasteiger charge is -2.02. The standard InChI is InChI=1S/C16H17ClN4OS/c1-5-21-12(8-9(2)19-21)15(22)18-16-20(4)14-10(3)11(17)6-7-13(14)23-16/h6-8H,5H2,1-4H3. The van der Waals surface area contributed by atoms with E-state index in [9.17, 15) is 4.79 Å². The van der Waals surface area contributed by atoms with Gasteiger partial charge in [0.25, 0.3) is 5.91 Å². The van der Waals surface area contributed by atoms with Gasteiger partial charge in [0.15, 0.2) is 4.80 Å². The van der Waals surface area contributed by atoms with E-state index in [1.807, 2.05) is 44.5 Å². The van der Waals surface area contributed by atoms with E-state index in [1.165, 1.54) is 11.3 Å². The fraction of sp³-hybridized carbons (Fsp3) is 0.312. The molecular formula is C16H17ClN4OS. The Hall–Kier alpha value is -1.92. The smallest absolute Gasteiger partial charge is 0.297 e. The summed E-state index contributed by atoms with van der Waals surface area (Å²) < 4.78 is 4.65. The summed E-state index contributed by atoms with van der Waals surface area (Å²) in [5, 5.41) is 5.01. The minimum Gasteiger partial charge on any atom is -0.319 e. The van der Waals surface area contributed by atoms with Gasteiger partial charge < -0.3 is 4.57 Å². The second-order valence-corrected chi connectivity index (χ2v) is 6.78. The van der Waals surface area contributed by atoms with Crippen LogP contribution in [0.1, 0.15) is 28.7 Å². The van der Waals surface area contributed by atoms with Crippen molar-refractivity contribution in [3.05, 3.63) is 45.0 Å². The molecule has 0 fully saturated rings. The van der Waals surface area contributed by atoms with E-state index in [2.05, 4.69) is 10.1 Å². The zero-order valence-corrected chi connectivity index (χ0v) is 15.0. The van der Waals surface area contributed by atoms with Crippen molar-refractivity contribution in [3.63, 3.8) is 0 Å². The van der Waals surface area contributed by atoms with E-state index in [0.29, 0.717) is 22.1 Å². The third-order valence-electron chi connectivity index (χ3n) is 3.77. The van der Waals surface area contributed by atoms with E-state index < -0.39 is 0 Å². The number of hydrogen-bond acceptors (Lipinski definition) is 3. The van der Waals surface area contributed by atoms with Gasteiger partial charge in [-0.05, 0) is 44.5 Å². The zero-order chi connectivity index (χ0) is 16.7. The van der Waals surface area contributed by atoms with Gasteiger partial charge in [0, 0.05) is 18.6 Å². The van der Waals surface area contributed by atoms with Gasteiger partial charge in [0.1, 0.15) is 5.69 Å². The summed E-state index contributed by atoms with van der Waals surface area (Å²) in [5.41, 5.74) is 3.33. The Kier molecular flexibility index (Phi) is 4.12. The van der Waals surface area contributed by atoms with Gasteiger partial charge in [-0.3, -0.25) is 9.48 Å². The number of aryl methyl sites for hydroxylation is 4. The first-order chi connectivity index (χ1) is 10.9. The highest BCUT2D eigenvalue weighted by Crippen LogP contribution is 2.26. The molecule has 7 heteroatoms. The summed E-state index contributed by atoms with van der Waals surface area (Å²) >= 11 is 7.67. The number of nitrogens with zero attached hydrogens (tertiary/aromatic N) is 4. The fourth-order valence-electron chi connectivity index (χ4n) is 2.61. The summed E-state index contributed by atoms with van der Waals surface area (Å²) in [5.74, 6) is -0.279. The maximum Gasteiger partial charge on any atom is 0.297 e. The largest absolute Gasteiger partial charge is 0.319 e. The van der Waals surface area contributed by atoms with Crippen molar-refractivity contribution in [2.75, 3.05) is 0 Å². The highest BCUT2D eigenvalue weighted by Gasteiger charge is 2.14. The maximum absolute atomic E-state index is 12.5. The van der Waals surface area contributed by atoms with E-state index in [4.69, 9.17) is 11.6 Å². The van der Waals surface area contributed by atoms with Gasteiger partial charge in [-0.2, -0.15) is 10.1 Å². The molecule has 1 amide bonds. The number of hydrogen-bond donors (Lipinski definition) is 0. The molecule has 0 N–H and O–H groups in total. The van der Waals surface area contributed by atoms with Crippen molar-refractivity contribution in [2.24, 2.45) is 12.0 Å². The summed E-state index contributed by atoms with van der Waals surface area (Å²) in [6, 6.07) is 5.60. The van der Waals surface area contributed by atoms with Crippen LogP contribution in [0.3, 0.4) is 0 Å². The van der Waals surface area contributed by atoms with Crippen LogP contribution in [0.5, 0.6) is 0 Å². The molecule has 23 heavy (non-hydrogen) atoms. The summed E-state index contributed by atoms with van der Waals surface area (Å²) in [6.45, 7) is 6.43. The van der Waals surface area contributed by atoms with Crippen LogP contribution in [-0.2, 0) is 13.6 Å². The molecule has 3 aromatic rings. The molecule has 0 bridgehead atoms. The van der Waals surface area contributed by atoms with Gasteiger partial charge in [-0.15, -0.1) is 0 Å². The Balaban J connectivity index is 2.16. The number of thiazole rings is 1. The fourth-order valence-corrected chi connectivity index (χ4v) is 3.84. The van der Waals surface area contributed by atoms with Gasteiger partial charge in [-0.1, -0.05) is 22.9 Å². The average Bonchev–Trinajstić information content (AvgIpc) is 3.04. The number of halogens is 1. The molecule has 0 spiro atoms. The second kappa shape index (κ2) is 5.94. The van der Waals surface area contributed by atoms with Crippen molar-refractivity contribution >= 4 is 39.1 Å². The van der Waals surface area contributed by atoms with Gasteiger partial charge >= 0.3 is 0 Å². The van der Waals surface area contributed by atoms with Crippen LogP contribution < -0.4 is 4.80 Å². The third kappa shape index (κ3) is 2.72. The number of carbonyl (C=O) groups is 1. The lowest BCUT2D eigenvalue weighted by molar-refractivity contribution is 0.0988. The molecule has 120 valence electrons. The van der Waals surface area contributed by atoms with Crippen LogP contribution in [-0.4, -0.2) is 20.3 Å². The first-order valence-corrected chi connectivity index (χ1v) is 8.50. The predicted octanol–water partition coefficient (Wildman–Crippen LogP) is 3.47. The SMILES string of the molecule is CCn1nc(C)cc1C(=O)N=c1sc2ccc(Cl)c(C)c2n1C. The number of benzene rings is 1. The Morgan fingerprint density at radius 2 is 2.13 bits per heavy atom. The van der Waals surface area contributed by atoms with Crippen LogP contribution in [0.15, 0.2) is 23.2 Å². The maximum atomic E-state index is 12.5. The number of carbonyl (C=O) groups excluding carboxylic acids is 1. The highest BCUT2D eigenvalue weighted by molar-refractivity contribution is 7.16. The van der Waals surface area contributed by atoms with Crippen LogP contribution in [0.2, 0.25) is 5.02 Å². The highest BCUT2D eigenvalue weighted by atomic mass is 35.5. The minimum absolute atomic E-state index is 0.279. The quantitative estimate of drug-likeness (QED) is 0.712. The number of fused-ring (bicyclic) bond motifs is 1. The molecule has 2 heterocycles. The van der Waals surface area contributed by atoms with E-state index in [0.717, 1.165) is 21.5 Å². The van der Waals surface area contributed by atoms with Crippen LogP contribution in [0.4, 0.5) is 0 Å². The van der Waals surface area contributed by atoms with Gasteiger partial charge in [-0.25, -0.2) is 0 Å². The monoisotopic (exact) mass is 348 g/mol. The zero-order valence-electron chi connectivity index (χ0n) is 13.4. The molecule has 1 aromatic carbocycles. The lowest BCUT2D eigenvalue weighted by Crippen LogP contribution is -2.16. The van der Waals surface area contributed by atoms with Crippen molar-refractivity contribution < 1.29 is 4.79 Å². The molecule has 5 nitrogen and oxygen atoms in total. The molecule has 0 saturated carbocycles. The molecule has 0 atom stereocenters. The average molecular weight is 349 g/mol. The lowest BCUT2D eigenvalue weighted by atomic mass is 10.2. The molecule has 0 aliphatic heterocycles. The Morgan fingerprint density at radius 1 is 1.39 bits per heavy atom. The molecule has 0 saturated heterocycles. The van der Waals surface area contributed by atoms with Gasteiger partial charge in [0.2, 0.25) is 0 Å². The summed E-state index contributed by atoms with van der Waals surface area (Å²) in [4.78, 5) is 17.5. The Morgan fingerprint density at radius 3 is 2.83 bits per heavy atom. The third-order valence-corrected chi connectivity index (χ3v) is 5.28. The normalized spacial score (nSPS) is 12.3. The summed E-state index contributed by atoms with van der Waals surface area (Å²) in [7, 11) is 1.90. The van der Waals surface area contributed by atoms with Crippen LogP contribution in [0.25, 0.3) is 10.2 Å². The van der Waals surface area contributed by atoms with Crippen molar-refractivity contribution in [3.8, 4) is 0 Å². The second-order valence-electron chi connectivity index (χ2n) is 5.37. The van der Waals surface area contributed by atoms with Crippen LogP contribution >= 0.6 is 22.9 Å². The van der Waals surface area contributed by atoms with Gasteiger partial charge in [0.05, 0.1) is 15.9 Å². The Bertz CT molecular complexity index is 980. The van der Waals surface area contributed by atoms with Crippen molar-refractivity contribution in [2.45, 2.75) is 27.3 Å². The summed E-state index contributed by atoms with van der Waals surface area (Å²) in [6.07, 6.45) is 0. The number of rotatable bonds is 2. The number of aromatic nitrogens is 3. The Labute approximate surface area is 142 Å².